The number of benzene rings is 1. The third-order valence-electron chi connectivity index (χ3n) is 4.16. The lowest BCUT2D eigenvalue weighted by molar-refractivity contribution is -0.149. The molecular weight excluding hydrogens is 308 g/mol. The first-order valence-corrected chi connectivity index (χ1v) is 8.46. The van der Waals surface area contributed by atoms with Gasteiger partial charge in [0.05, 0.1) is 25.3 Å². The van der Waals surface area contributed by atoms with E-state index in [4.69, 9.17) is 9.47 Å². The lowest BCUT2D eigenvalue weighted by Crippen LogP contribution is -2.40. The summed E-state index contributed by atoms with van der Waals surface area (Å²) < 4.78 is 10.3. The number of para-hydroxylation sites is 2. The molecule has 1 aromatic rings. The summed E-state index contributed by atoms with van der Waals surface area (Å²) >= 11 is 0. The molecule has 6 nitrogen and oxygen atoms in total. The lowest BCUT2D eigenvalue weighted by Gasteiger charge is -2.31. The standard InChI is InChI=1S/C18H26N2O4/c1-3-24-18(22)14-7-6-11-20(13-14)12-10-17(21)19-15-8-4-5-9-16(15)23-2/h4-5,8-9,14H,3,6-7,10-13H2,1-2H3,(H,19,21)/t14-/m1/s1. The Morgan fingerprint density at radius 2 is 2.12 bits per heavy atom. The van der Waals surface area contributed by atoms with Gasteiger partial charge in [0.2, 0.25) is 5.91 Å². The molecule has 1 N–H and O–H groups in total. The van der Waals surface area contributed by atoms with Gasteiger partial charge in [-0.2, -0.15) is 0 Å². The van der Waals surface area contributed by atoms with Crippen molar-refractivity contribution >= 4 is 17.6 Å². The number of hydrogen-bond donors (Lipinski definition) is 1. The van der Waals surface area contributed by atoms with E-state index in [0.29, 0.717) is 37.6 Å². The van der Waals surface area contributed by atoms with Gasteiger partial charge in [-0.3, -0.25) is 9.59 Å². The van der Waals surface area contributed by atoms with E-state index in [1.165, 1.54) is 0 Å². The van der Waals surface area contributed by atoms with Crippen LogP contribution in [-0.2, 0) is 14.3 Å². The largest absolute Gasteiger partial charge is 0.495 e. The van der Waals surface area contributed by atoms with Gasteiger partial charge in [0.25, 0.3) is 0 Å². The van der Waals surface area contributed by atoms with Gasteiger partial charge in [0.1, 0.15) is 5.75 Å². The van der Waals surface area contributed by atoms with E-state index in [1.807, 2.05) is 31.2 Å². The summed E-state index contributed by atoms with van der Waals surface area (Å²) in [6, 6.07) is 7.34. The zero-order valence-electron chi connectivity index (χ0n) is 14.4. The Balaban J connectivity index is 1.80. The van der Waals surface area contributed by atoms with Crippen molar-refractivity contribution in [3.05, 3.63) is 24.3 Å². The molecule has 6 heteroatoms. The van der Waals surface area contributed by atoms with Crippen LogP contribution in [0.5, 0.6) is 5.75 Å². The second-order valence-corrected chi connectivity index (χ2v) is 5.89. The molecule has 2 rings (SSSR count). The summed E-state index contributed by atoms with van der Waals surface area (Å²) in [5.41, 5.74) is 0.674. The summed E-state index contributed by atoms with van der Waals surface area (Å²) in [5.74, 6) is 0.389. The number of carbonyl (C=O) groups is 2. The average Bonchev–Trinajstić information content (AvgIpc) is 2.61. The Hall–Kier alpha value is -2.08. The molecule has 0 saturated carbocycles. The number of likely N-dealkylation sites (tertiary alicyclic amines) is 1. The number of hydrogen-bond acceptors (Lipinski definition) is 5. The van der Waals surface area contributed by atoms with Crippen molar-refractivity contribution in [1.82, 2.24) is 4.90 Å². The third kappa shape index (κ3) is 5.23. The maximum atomic E-state index is 12.2. The average molecular weight is 334 g/mol. The highest BCUT2D eigenvalue weighted by atomic mass is 16.5. The van der Waals surface area contributed by atoms with Crippen molar-refractivity contribution in [1.29, 1.82) is 0 Å². The predicted octanol–water partition coefficient (Wildman–Crippen LogP) is 2.30. The van der Waals surface area contributed by atoms with E-state index < -0.39 is 0 Å². The monoisotopic (exact) mass is 334 g/mol. The van der Waals surface area contributed by atoms with Crippen molar-refractivity contribution < 1.29 is 19.1 Å². The first kappa shape index (κ1) is 18.3. The number of carbonyl (C=O) groups excluding carboxylic acids is 2. The summed E-state index contributed by atoms with van der Waals surface area (Å²) in [6.07, 6.45) is 2.20. The highest BCUT2D eigenvalue weighted by Gasteiger charge is 2.26. The molecule has 1 saturated heterocycles. The molecule has 0 bridgehead atoms. The van der Waals surface area contributed by atoms with Crippen LogP contribution in [0, 0.1) is 5.92 Å². The van der Waals surface area contributed by atoms with Gasteiger partial charge in [-0.05, 0) is 38.4 Å². The molecule has 0 unspecified atom stereocenters. The quantitative estimate of drug-likeness (QED) is 0.775. The number of piperidine rings is 1. The van der Waals surface area contributed by atoms with Crippen LogP contribution in [0.25, 0.3) is 0 Å². The molecule has 24 heavy (non-hydrogen) atoms. The fraction of sp³-hybridized carbons (Fsp3) is 0.556. The Morgan fingerprint density at radius 1 is 1.33 bits per heavy atom. The number of ether oxygens (including phenoxy) is 2. The van der Waals surface area contributed by atoms with Crippen molar-refractivity contribution in [3.8, 4) is 5.75 Å². The first-order valence-electron chi connectivity index (χ1n) is 8.46. The van der Waals surface area contributed by atoms with Crippen LogP contribution in [0.4, 0.5) is 5.69 Å². The van der Waals surface area contributed by atoms with E-state index in [-0.39, 0.29) is 17.8 Å². The fourth-order valence-electron chi connectivity index (χ4n) is 2.93. The fourth-order valence-corrected chi connectivity index (χ4v) is 2.93. The Bertz CT molecular complexity index is 562. The van der Waals surface area contributed by atoms with E-state index in [2.05, 4.69) is 10.2 Å². The van der Waals surface area contributed by atoms with E-state index >= 15 is 0 Å². The minimum absolute atomic E-state index is 0.0576. The summed E-state index contributed by atoms with van der Waals surface area (Å²) in [4.78, 5) is 26.2. The number of methoxy groups -OCH3 is 1. The SMILES string of the molecule is CCOC(=O)[C@@H]1CCCN(CCC(=O)Nc2ccccc2OC)C1. The first-order chi connectivity index (χ1) is 11.6. The van der Waals surface area contributed by atoms with Crippen LogP contribution in [0.3, 0.4) is 0 Å². The molecule has 1 heterocycles. The highest BCUT2D eigenvalue weighted by Crippen LogP contribution is 2.23. The van der Waals surface area contributed by atoms with Crippen LogP contribution >= 0.6 is 0 Å². The zero-order chi connectivity index (χ0) is 17.4. The Labute approximate surface area is 143 Å². The second-order valence-electron chi connectivity index (χ2n) is 5.89. The molecule has 1 aliphatic rings. The number of nitrogens with zero attached hydrogens (tertiary/aromatic N) is 1. The van der Waals surface area contributed by atoms with Crippen LogP contribution in [-0.4, -0.2) is 50.1 Å². The van der Waals surface area contributed by atoms with Crippen LogP contribution in [0.2, 0.25) is 0 Å². The smallest absolute Gasteiger partial charge is 0.310 e. The van der Waals surface area contributed by atoms with Crippen molar-refractivity contribution in [2.45, 2.75) is 26.2 Å². The molecule has 132 valence electrons. The zero-order valence-corrected chi connectivity index (χ0v) is 14.4. The van der Waals surface area contributed by atoms with Crippen molar-refractivity contribution in [3.63, 3.8) is 0 Å². The van der Waals surface area contributed by atoms with Gasteiger partial charge in [-0.1, -0.05) is 12.1 Å². The molecule has 1 atom stereocenters. The van der Waals surface area contributed by atoms with Crippen molar-refractivity contribution in [2.24, 2.45) is 5.92 Å². The second kappa shape index (κ2) is 9.27. The van der Waals surface area contributed by atoms with Crippen molar-refractivity contribution in [2.75, 3.05) is 38.7 Å². The number of amides is 1. The minimum atomic E-state index is -0.124. The molecule has 0 aromatic heterocycles. The molecule has 1 aromatic carbocycles. The summed E-state index contributed by atoms with van der Waals surface area (Å²) in [7, 11) is 1.58. The summed E-state index contributed by atoms with van der Waals surface area (Å²) in [6.45, 7) is 4.45. The highest BCUT2D eigenvalue weighted by molar-refractivity contribution is 5.92. The van der Waals surface area contributed by atoms with E-state index in [1.54, 1.807) is 7.11 Å². The van der Waals surface area contributed by atoms with E-state index in [0.717, 1.165) is 19.4 Å². The Kier molecular flexibility index (Phi) is 7.06. The molecule has 1 fully saturated rings. The van der Waals surface area contributed by atoms with Crippen LogP contribution in [0.15, 0.2) is 24.3 Å². The van der Waals surface area contributed by atoms with Gasteiger partial charge >= 0.3 is 5.97 Å². The number of esters is 1. The molecule has 0 radical (unpaired) electrons. The number of anilines is 1. The molecule has 1 amide bonds. The molecule has 1 aliphatic heterocycles. The van der Waals surface area contributed by atoms with Gasteiger partial charge in [0, 0.05) is 19.5 Å². The molecule has 0 spiro atoms. The lowest BCUT2D eigenvalue weighted by atomic mass is 9.98. The summed E-state index contributed by atoms with van der Waals surface area (Å²) in [5, 5.41) is 2.87. The third-order valence-corrected chi connectivity index (χ3v) is 4.16. The van der Waals surface area contributed by atoms with Gasteiger partial charge in [0.15, 0.2) is 0 Å². The maximum Gasteiger partial charge on any atom is 0.310 e. The van der Waals surface area contributed by atoms with E-state index in [9.17, 15) is 9.59 Å². The molecule has 0 aliphatic carbocycles. The predicted molar refractivity (Wildman–Crippen MR) is 92.0 cm³/mol. The maximum absolute atomic E-state index is 12.2. The van der Waals surface area contributed by atoms with Gasteiger partial charge in [-0.25, -0.2) is 0 Å². The topological polar surface area (TPSA) is 67.9 Å². The minimum Gasteiger partial charge on any atom is -0.495 e. The number of rotatable bonds is 7. The Morgan fingerprint density at radius 3 is 2.88 bits per heavy atom. The van der Waals surface area contributed by atoms with Crippen LogP contribution in [0.1, 0.15) is 26.2 Å². The number of nitrogens with one attached hydrogen (secondary N) is 1. The van der Waals surface area contributed by atoms with Gasteiger partial charge < -0.3 is 19.7 Å². The van der Waals surface area contributed by atoms with Gasteiger partial charge in [-0.15, -0.1) is 0 Å². The van der Waals surface area contributed by atoms with Crippen LogP contribution < -0.4 is 10.1 Å². The normalized spacial score (nSPS) is 18.0. The molecular formula is C18H26N2O4.